The van der Waals surface area contributed by atoms with Gasteiger partial charge in [0, 0.05) is 31.0 Å². The van der Waals surface area contributed by atoms with E-state index >= 15 is 0 Å². The van der Waals surface area contributed by atoms with Crippen LogP contribution in [0.1, 0.15) is 48.8 Å². The van der Waals surface area contributed by atoms with Crippen molar-refractivity contribution in [3.63, 3.8) is 0 Å². The molecule has 2 aliphatic heterocycles. The summed E-state index contributed by atoms with van der Waals surface area (Å²) in [5, 5.41) is 7.80. The van der Waals surface area contributed by atoms with Gasteiger partial charge < -0.3 is 15.5 Å². The Balaban J connectivity index is 1.31. The van der Waals surface area contributed by atoms with E-state index in [-0.39, 0.29) is 0 Å². The molecule has 2 bridgehead atoms. The summed E-state index contributed by atoms with van der Waals surface area (Å²) in [5.74, 6) is 0. The smallest absolute Gasteiger partial charge is 0.166 e. The molecule has 2 aromatic carbocycles. The number of nitrogens with one attached hydrogen (secondary N) is 3. The van der Waals surface area contributed by atoms with Crippen LogP contribution in [-0.4, -0.2) is 23.2 Å². The zero-order valence-electron chi connectivity index (χ0n) is 16.8. The third kappa shape index (κ3) is 4.92. The third-order valence-corrected chi connectivity index (χ3v) is 6.71. The molecule has 3 nitrogen and oxygen atoms in total. The van der Waals surface area contributed by atoms with Gasteiger partial charge in [-0.15, -0.1) is 0 Å². The molecule has 2 heterocycles. The normalized spacial score (nSPS) is 26.5. The summed E-state index contributed by atoms with van der Waals surface area (Å²) in [6.07, 6.45) is 6.53. The Hall–Kier alpha value is -1.91. The number of aryl methyl sites for hydroxylation is 1. The van der Waals surface area contributed by atoms with Crippen molar-refractivity contribution in [1.29, 1.82) is 0 Å². The SMILES string of the molecule is Cc1ccc(C[NH+]2[C@@H]3CCC[C@H]2CC(NC(=S)NCc2ccccc2)C3)cc1. The summed E-state index contributed by atoms with van der Waals surface area (Å²) >= 11 is 5.58. The Bertz CT molecular complexity index is 760. The van der Waals surface area contributed by atoms with Crippen molar-refractivity contribution < 1.29 is 4.90 Å². The average molecular weight is 395 g/mol. The van der Waals surface area contributed by atoms with Gasteiger partial charge in [-0.1, -0.05) is 60.2 Å². The second-order valence-electron chi connectivity index (χ2n) is 8.54. The number of fused-ring (bicyclic) bond motifs is 2. The third-order valence-electron chi connectivity index (χ3n) is 6.45. The predicted molar refractivity (Wildman–Crippen MR) is 119 cm³/mol. The molecular weight excluding hydrogens is 362 g/mol. The predicted octanol–water partition coefficient (Wildman–Crippen LogP) is 3.13. The van der Waals surface area contributed by atoms with Crippen molar-refractivity contribution in [3.8, 4) is 0 Å². The van der Waals surface area contributed by atoms with E-state index in [0.29, 0.717) is 6.04 Å². The number of rotatable bonds is 5. The summed E-state index contributed by atoms with van der Waals surface area (Å²) < 4.78 is 0. The highest BCUT2D eigenvalue weighted by molar-refractivity contribution is 7.80. The maximum Gasteiger partial charge on any atom is 0.166 e. The van der Waals surface area contributed by atoms with Crippen LogP contribution in [0.4, 0.5) is 0 Å². The first kappa shape index (κ1) is 19.4. The van der Waals surface area contributed by atoms with E-state index in [1.165, 1.54) is 55.3 Å². The van der Waals surface area contributed by atoms with Gasteiger partial charge >= 0.3 is 0 Å². The Morgan fingerprint density at radius 1 is 0.964 bits per heavy atom. The molecule has 0 aliphatic carbocycles. The molecule has 0 spiro atoms. The first-order valence-electron chi connectivity index (χ1n) is 10.7. The summed E-state index contributed by atoms with van der Waals surface area (Å²) in [6, 6.07) is 21.6. The molecule has 2 aliphatic rings. The average Bonchev–Trinajstić information content (AvgIpc) is 2.69. The second-order valence-corrected chi connectivity index (χ2v) is 8.95. The minimum Gasteiger partial charge on any atom is -0.360 e. The van der Waals surface area contributed by atoms with Gasteiger partial charge in [0.05, 0.1) is 12.1 Å². The van der Waals surface area contributed by atoms with Gasteiger partial charge in [0.15, 0.2) is 5.11 Å². The first-order valence-corrected chi connectivity index (χ1v) is 11.1. The molecule has 0 radical (unpaired) electrons. The van der Waals surface area contributed by atoms with Crippen molar-refractivity contribution in [1.82, 2.24) is 10.6 Å². The standard InChI is InChI=1S/C24H31N3S/c1-18-10-12-20(13-11-18)17-27-22-8-5-9-23(27)15-21(14-22)26-24(28)25-16-19-6-3-2-4-7-19/h2-4,6-7,10-13,21-23H,5,8-9,14-17H2,1H3,(H2,25,26,28)/p+1/t21?,22-,23+. The first-order chi connectivity index (χ1) is 13.7. The lowest BCUT2D eigenvalue weighted by Crippen LogP contribution is -3.20. The van der Waals surface area contributed by atoms with Gasteiger partial charge in [0.1, 0.15) is 6.54 Å². The molecular formula is C24H32N3S+. The highest BCUT2D eigenvalue weighted by Crippen LogP contribution is 2.23. The molecule has 0 amide bonds. The largest absolute Gasteiger partial charge is 0.360 e. The zero-order valence-corrected chi connectivity index (χ0v) is 17.6. The van der Waals surface area contributed by atoms with Crippen LogP contribution in [0.15, 0.2) is 54.6 Å². The van der Waals surface area contributed by atoms with E-state index in [0.717, 1.165) is 23.7 Å². The monoisotopic (exact) mass is 394 g/mol. The van der Waals surface area contributed by atoms with Gasteiger partial charge in [0.2, 0.25) is 0 Å². The van der Waals surface area contributed by atoms with Gasteiger partial charge in [-0.25, -0.2) is 0 Å². The summed E-state index contributed by atoms with van der Waals surface area (Å²) in [4.78, 5) is 1.80. The molecule has 148 valence electrons. The number of hydrogen-bond acceptors (Lipinski definition) is 1. The highest BCUT2D eigenvalue weighted by atomic mass is 32.1. The molecule has 0 aromatic heterocycles. The van der Waals surface area contributed by atoms with Gasteiger partial charge in [-0.3, -0.25) is 0 Å². The highest BCUT2D eigenvalue weighted by Gasteiger charge is 2.41. The minimum atomic E-state index is 0.507. The van der Waals surface area contributed by atoms with E-state index in [4.69, 9.17) is 12.2 Å². The Morgan fingerprint density at radius 3 is 2.32 bits per heavy atom. The fourth-order valence-electron chi connectivity index (χ4n) is 5.00. The van der Waals surface area contributed by atoms with Gasteiger partial charge in [-0.05, 0) is 44.0 Å². The fraction of sp³-hybridized carbons (Fsp3) is 0.458. The summed E-state index contributed by atoms with van der Waals surface area (Å²) in [6.45, 7) is 4.12. The zero-order chi connectivity index (χ0) is 19.3. The molecule has 0 saturated carbocycles. The van der Waals surface area contributed by atoms with Gasteiger partial charge in [0.25, 0.3) is 0 Å². The molecule has 2 fully saturated rings. The fourth-order valence-corrected chi connectivity index (χ4v) is 5.24. The Labute approximate surface area is 174 Å². The minimum absolute atomic E-state index is 0.507. The maximum atomic E-state index is 5.58. The lowest BCUT2D eigenvalue weighted by Gasteiger charge is -2.46. The van der Waals surface area contributed by atoms with E-state index < -0.39 is 0 Å². The van der Waals surface area contributed by atoms with Crippen LogP contribution in [0.2, 0.25) is 0 Å². The van der Waals surface area contributed by atoms with E-state index in [9.17, 15) is 0 Å². The Morgan fingerprint density at radius 2 is 1.64 bits per heavy atom. The van der Waals surface area contributed by atoms with E-state index in [1.807, 2.05) is 6.07 Å². The molecule has 28 heavy (non-hydrogen) atoms. The van der Waals surface area contributed by atoms with Crippen LogP contribution in [-0.2, 0) is 13.1 Å². The molecule has 4 atom stereocenters. The van der Waals surface area contributed by atoms with Crippen molar-refractivity contribution >= 4 is 17.3 Å². The van der Waals surface area contributed by atoms with Crippen LogP contribution < -0.4 is 15.5 Å². The van der Waals surface area contributed by atoms with Gasteiger partial charge in [-0.2, -0.15) is 0 Å². The molecule has 2 unspecified atom stereocenters. The molecule has 2 saturated heterocycles. The maximum absolute atomic E-state index is 5.58. The second kappa shape index (κ2) is 9.06. The lowest BCUT2D eigenvalue weighted by molar-refractivity contribution is -0.973. The number of piperidine rings is 2. The van der Waals surface area contributed by atoms with Crippen LogP contribution in [0.5, 0.6) is 0 Å². The lowest BCUT2D eigenvalue weighted by atomic mass is 9.81. The van der Waals surface area contributed by atoms with E-state index in [1.54, 1.807) is 4.90 Å². The van der Waals surface area contributed by atoms with Crippen molar-refractivity contribution in [2.75, 3.05) is 0 Å². The van der Waals surface area contributed by atoms with Crippen LogP contribution in [0, 0.1) is 6.92 Å². The van der Waals surface area contributed by atoms with Crippen molar-refractivity contribution in [3.05, 3.63) is 71.3 Å². The van der Waals surface area contributed by atoms with Crippen molar-refractivity contribution in [2.45, 2.75) is 70.2 Å². The Kier molecular flexibility index (Phi) is 6.28. The van der Waals surface area contributed by atoms with Crippen LogP contribution in [0.3, 0.4) is 0 Å². The molecule has 4 rings (SSSR count). The van der Waals surface area contributed by atoms with Crippen molar-refractivity contribution in [2.24, 2.45) is 0 Å². The molecule has 2 aromatic rings. The number of benzene rings is 2. The number of quaternary nitrogens is 1. The summed E-state index contributed by atoms with van der Waals surface area (Å²) in [5.41, 5.74) is 4.09. The van der Waals surface area contributed by atoms with Crippen LogP contribution in [0.25, 0.3) is 0 Å². The number of thiocarbonyl (C=S) groups is 1. The molecule has 3 N–H and O–H groups in total. The summed E-state index contributed by atoms with van der Waals surface area (Å²) in [7, 11) is 0. The molecule has 4 heteroatoms. The number of hydrogen-bond donors (Lipinski definition) is 3. The van der Waals surface area contributed by atoms with Crippen LogP contribution >= 0.6 is 12.2 Å². The quantitative estimate of drug-likeness (QED) is 0.681. The topological polar surface area (TPSA) is 28.5 Å². The van der Waals surface area contributed by atoms with E-state index in [2.05, 4.69) is 66.1 Å².